The molecule has 2 rings (SSSR count). The summed E-state index contributed by atoms with van der Waals surface area (Å²) in [6.07, 6.45) is 2.54. The zero-order valence-electron chi connectivity index (χ0n) is 10.2. The minimum atomic E-state index is -0.398. The van der Waals surface area contributed by atoms with Crippen molar-refractivity contribution in [1.29, 1.82) is 0 Å². The molecule has 0 aliphatic heterocycles. The summed E-state index contributed by atoms with van der Waals surface area (Å²) >= 11 is 0. The van der Waals surface area contributed by atoms with Gasteiger partial charge in [-0.1, -0.05) is 6.07 Å². The monoisotopic (exact) mass is 234 g/mol. The quantitative estimate of drug-likeness (QED) is 0.619. The van der Waals surface area contributed by atoms with Crippen LogP contribution in [0.25, 0.3) is 0 Å². The van der Waals surface area contributed by atoms with Gasteiger partial charge in [-0.15, -0.1) is 0 Å². The summed E-state index contributed by atoms with van der Waals surface area (Å²) in [4.78, 5) is 11.5. The molecular weight excluding hydrogens is 216 g/mol. The zero-order valence-corrected chi connectivity index (χ0v) is 10.2. The van der Waals surface area contributed by atoms with Crippen molar-refractivity contribution in [2.45, 2.75) is 25.8 Å². The Balaban J connectivity index is 2.19. The number of methoxy groups -OCH3 is 1. The number of carbonyl (C=O) groups is 1. The van der Waals surface area contributed by atoms with Gasteiger partial charge in [0, 0.05) is 6.04 Å². The van der Waals surface area contributed by atoms with E-state index < -0.39 is 5.97 Å². The van der Waals surface area contributed by atoms with Crippen molar-refractivity contribution in [3.05, 3.63) is 23.8 Å². The first-order valence-electron chi connectivity index (χ1n) is 5.87. The lowest BCUT2D eigenvalue weighted by Crippen LogP contribution is -2.19. The van der Waals surface area contributed by atoms with Crippen LogP contribution < -0.4 is 11.1 Å². The molecule has 1 saturated carbocycles. The number of ether oxygens (including phenoxy) is 1. The Morgan fingerprint density at radius 2 is 2.24 bits per heavy atom. The number of nitrogen functional groups attached to an aromatic ring is 1. The van der Waals surface area contributed by atoms with Crippen LogP contribution in [-0.4, -0.2) is 19.1 Å². The lowest BCUT2D eigenvalue weighted by atomic mass is 10.1. The van der Waals surface area contributed by atoms with Crippen molar-refractivity contribution >= 4 is 17.3 Å². The van der Waals surface area contributed by atoms with Crippen molar-refractivity contribution < 1.29 is 9.53 Å². The third-order valence-corrected chi connectivity index (χ3v) is 3.22. The molecule has 0 aromatic heterocycles. The second-order valence-corrected chi connectivity index (χ2v) is 4.53. The number of hydrogen-bond donors (Lipinski definition) is 2. The van der Waals surface area contributed by atoms with Gasteiger partial charge in [0.1, 0.15) is 0 Å². The van der Waals surface area contributed by atoms with E-state index in [1.807, 2.05) is 12.1 Å². The average Bonchev–Trinajstić information content (AvgIpc) is 3.14. The Morgan fingerprint density at radius 1 is 1.53 bits per heavy atom. The Hall–Kier alpha value is -1.71. The van der Waals surface area contributed by atoms with Crippen molar-refractivity contribution in [2.75, 3.05) is 18.2 Å². The predicted octanol–water partition coefficient (Wildman–Crippen LogP) is 2.27. The Bertz CT molecular complexity index is 427. The second-order valence-electron chi connectivity index (χ2n) is 4.53. The van der Waals surface area contributed by atoms with Crippen LogP contribution in [0, 0.1) is 5.92 Å². The summed E-state index contributed by atoms with van der Waals surface area (Å²) in [5.41, 5.74) is 7.66. The van der Waals surface area contributed by atoms with E-state index in [9.17, 15) is 4.79 Å². The molecule has 0 spiro atoms. The molecule has 4 nitrogen and oxygen atoms in total. The third-order valence-electron chi connectivity index (χ3n) is 3.22. The van der Waals surface area contributed by atoms with Gasteiger partial charge in [0.2, 0.25) is 0 Å². The highest BCUT2D eigenvalue weighted by atomic mass is 16.5. The fourth-order valence-electron chi connectivity index (χ4n) is 1.94. The van der Waals surface area contributed by atoms with Gasteiger partial charge in [0.25, 0.3) is 0 Å². The molecule has 1 aromatic rings. The highest BCUT2D eigenvalue weighted by Crippen LogP contribution is 2.35. The maximum absolute atomic E-state index is 11.5. The van der Waals surface area contributed by atoms with Gasteiger partial charge in [-0.05, 0) is 37.8 Å². The molecular formula is C13H18N2O2. The van der Waals surface area contributed by atoms with Crippen LogP contribution in [0.1, 0.15) is 30.1 Å². The molecule has 1 aliphatic carbocycles. The summed E-state index contributed by atoms with van der Waals surface area (Å²) in [7, 11) is 1.36. The van der Waals surface area contributed by atoms with Gasteiger partial charge in [-0.3, -0.25) is 0 Å². The van der Waals surface area contributed by atoms with Crippen LogP contribution in [0.15, 0.2) is 18.2 Å². The Morgan fingerprint density at radius 3 is 2.82 bits per heavy atom. The number of anilines is 2. The van der Waals surface area contributed by atoms with Gasteiger partial charge >= 0.3 is 5.97 Å². The van der Waals surface area contributed by atoms with Crippen LogP contribution in [0.4, 0.5) is 11.4 Å². The normalized spacial score (nSPS) is 16.4. The smallest absolute Gasteiger partial charge is 0.340 e. The van der Waals surface area contributed by atoms with Crippen molar-refractivity contribution in [3.63, 3.8) is 0 Å². The minimum Gasteiger partial charge on any atom is -0.465 e. The first kappa shape index (κ1) is 11.8. The van der Waals surface area contributed by atoms with Crippen LogP contribution >= 0.6 is 0 Å². The van der Waals surface area contributed by atoms with Gasteiger partial charge in [0.15, 0.2) is 0 Å². The predicted molar refractivity (Wildman–Crippen MR) is 68.0 cm³/mol. The molecule has 3 N–H and O–H groups in total. The number of para-hydroxylation sites is 1. The lowest BCUT2D eigenvalue weighted by Gasteiger charge is -2.17. The summed E-state index contributed by atoms with van der Waals surface area (Å²) in [6.45, 7) is 2.14. The molecule has 1 fully saturated rings. The first-order chi connectivity index (χ1) is 8.13. The fraction of sp³-hybridized carbons (Fsp3) is 0.462. The fourth-order valence-corrected chi connectivity index (χ4v) is 1.94. The van der Waals surface area contributed by atoms with Gasteiger partial charge in [0.05, 0.1) is 24.0 Å². The van der Waals surface area contributed by atoms with Crippen molar-refractivity contribution in [1.82, 2.24) is 0 Å². The van der Waals surface area contributed by atoms with Crippen LogP contribution in [0.3, 0.4) is 0 Å². The lowest BCUT2D eigenvalue weighted by molar-refractivity contribution is 0.0602. The summed E-state index contributed by atoms with van der Waals surface area (Å²) in [5.74, 6) is 0.335. The molecule has 1 aromatic carbocycles. The maximum atomic E-state index is 11.5. The third kappa shape index (κ3) is 2.52. The molecule has 17 heavy (non-hydrogen) atoms. The molecule has 4 heteroatoms. The largest absolute Gasteiger partial charge is 0.465 e. The van der Waals surface area contributed by atoms with Gasteiger partial charge in [-0.2, -0.15) is 0 Å². The highest BCUT2D eigenvalue weighted by molar-refractivity contribution is 5.98. The SMILES string of the molecule is COC(=O)c1cccc(NC(C)C2CC2)c1N. The van der Waals surface area contributed by atoms with Crippen LogP contribution in [-0.2, 0) is 4.74 Å². The number of benzene rings is 1. The standard InChI is InChI=1S/C13H18N2O2/c1-8(9-6-7-9)15-11-5-3-4-10(12(11)14)13(16)17-2/h3-5,8-9,15H,6-7,14H2,1-2H3. The van der Waals surface area contributed by atoms with E-state index in [1.54, 1.807) is 6.07 Å². The molecule has 1 unspecified atom stereocenters. The topological polar surface area (TPSA) is 64.3 Å². The molecule has 0 bridgehead atoms. The van der Waals surface area contributed by atoms with E-state index in [4.69, 9.17) is 10.5 Å². The molecule has 0 radical (unpaired) electrons. The summed E-state index contributed by atoms with van der Waals surface area (Å²) in [6, 6.07) is 5.77. The van der Waals surface area contributed by atoms with Gasteiger partial charge < -0.3 is 15.8 Å². The molecule has 92 valence electrons. The van der Waals surface area contributed by atoms with E-state index in [1.165, 1.54) is 20.0 Å². The molecule has 0 heterocycles. The number of nitrogens with two attached hydrogens (primary N) is 1. The maximum Gasteiger partial charge on any atom is 0.340 e. The highest BCUT2D eigenvalue weighted by Gasteiger charge is 2.28. The zero-order chi connectivity index (χ0) is 12.4. The average molecular weight is 234 g/mol. The van der Waals surface area contributed by atoms with Crippen LogP contribution in [0.5, 0.6) is 0 Å². The Labute approximate surface area is 101 Å². The number of carbonyl (C=O) groups excluding carboxylic acids is 1. The van der Waals surface area contributed by atoms with Gasteiger partial charge in [-0.25, -0.2) is 4.79 Å². The second kappa shape index (κ2) is 4.65. The number of hydrogen-bond acceptors (Lipinski definition) is 4. The molecule has 1 aliphatic rings. The number of nitrogens with one attached hydrogen (secondary N) is 1. The van der Waals surface area contributed by atoms with E-state index in [0.717, 1.165) is 11.6 Å². The molecule has 1 atom stereocenters. The summed E-state index contributed by atoms with van der Waals surface area (Å²) in [5, 5.41) is 3.36. The first-order valence-corrected chi connectivity index (χ1v) is 5.87. The van der Waals surface area contributed by atoms with E-state index in [2.05, 4.69) is 12.2 Å². The minimum absolute atomic E-state index is 0.394. The number of esters is 1. The van der Waals surface area contributed by atoms with E-state index >= 15 is 0 Å². The Kier molecular flexibility index (Phi) is 3.22. The van der Waals surface area contributed by atoms with Crippen molar-refractivity contribution in [3.8, 4) is 0 Å². The number of rotatable bonds is 4. The molecule has 0 saturated heterocycles. The van der Waals surface area contributed by atoms with E-state index in [0.29, 0.717) is 17.3 Å². The van der Waals surface area contributed by atoms with Crippen molar-refractivity contribution in [2.24, 2.45) is 5.92 Å². The molecule has 0 amide bonds. The van der Waals surface area contributed by atoms with E-state index in [-0.39, 0.29) is 0 Å². The summed E-state index contributed by atoms with van der Waals surface area (Å²) < 4.78 is 4.69. The van der Waals surface area contributed by atoms with Crippen LogP contribution in [0.2, 0.25) is 0 Å².